The van der Waals surface area contributed by atoms with Crippen LogP contribution in [0.15, 0.2) is 18.7 Å². The van der Waals surface area contributed by atoms with Gasteiger partial charge < -0.3 is 9.46 Å². The number of rotatable bonds is 14. The second kappa shape index (κ2) is 16.3. The van der Waals surface area contributed by atoms with Crippen LogP contribution >= 0.6 is 7.82 Å². The van der Waals surface area contributed by atoms with Crippen LogP contribution in [0.25, 0.3) is 0 Å². The number of hydrogen-bond donors (Lipinski definition) is 1. The Hall–Kier alpha value is -0.680. The number of aromatic nitrogens is 2. The van der Waals surface area contributed by atoms with Crippen LogP contribution in [-0.2, 0) is 20.7 Å². The monoisotopic (exact) mass is 404 g/mol. The summed E-state index contributed by atoms with van der Waals surface area (Å²) in [4.78, 5) is 13.5. The molecule has 0 radical (unpaired) electrons. The smallest absolute Gasteiger partial charge is 0.341 e. The molecule has 27 heavy (non-hydrogen) atoms. The summed E-state index contributed by atoms with van der Waals surface area (Å²) in [6.45, 7) is 9.10. The Labute approximate surface area is 166 Å². The van der Waals surface area contributed by atoms with Gasteiger partial charge in [-0.3, -0.25) is 9.05 Å². The summed E-state index contributed by atoms with van der Waals surface area (Å²) in [6, 6.07) is 0. The third-order valence-electron chi connectivity index (χ3n) is 4.67. The minimum Gasteiger partial charge on any atom is -0.341 e. The highest BCUT2D eigenvalue weighted by Crippen LogP contribution is 2.44. The van der Waals surface area contributed by atoms with Crippen LogP contribution in [-0.4, -0.2) is 27.7 Å². The lowest BCUT2D eigenvalue weighted by molar-refractivity contribution is 0.110. The Morgan fingerprint density at radius 2 is 1.48 bits per heavy atom. The van der Waals surface area contributed by atoms with E-state index in [9.17, 15) is 9.46 Å². The Bertz CT molecular complexity index is 458. The van der Waals surface area contributed by atoms with Gasteiger partial charge in [0, 0.05) is 19.4 Å². The topological polar surface area (TPSA) is 73.6 Å². The molecule has 6 nitrogen and oxygen atoms in total. The lowest BCUT2D eigenvalue weighted by Gasteiger charge is -2.20. The van der Waals surface area contributed by atoms with E-state index in [1.807, 2.05) is 17.8 Å². The van der Waals surface area contributed by atoms with E-state index >= 15 is 0 Å². The summed E-state index contributed by atoms with van der Waals surface area (Å²) in [6.07, 6.45) is 13.9. The predicted octanol–water partition coefficient (Wildman–Crippen LogP) is 5.97. The van der Waals surface area contributed by atoms with E-state index in [0.717, 1.165) is 51.4 Å². The fourth-order valence-corrected chi connectivity index (χ4v) is 3.43. The molecular formula is C20H41N2O4P. The van der Waals surface area contributed by atoms with Crippen LogP contribution in [0, 0.1) is 11.8 Å². The Kier molecular flexibility index (Phi) is 15.9. The van der Waals surface area contributed by atoms with E-state index in [2.05, 4.69) is 32.7 Å². The van der Waals surface area contributed by atoms with Crippen molar-refractivity contribution in [3.05, 3.63) is 18.7 Å². The van der Waals surface area contributed by atoms with Crippen LogP contribution in [0.1, 0.15) is 79.1 Å². The van der Waals surface area contributed by atoms with E-state index in [1.165, 1.54) is 0 Å². The molecule has 1 aromatic rings. The molecule has 0 fully saturated rings. The zero-order valence-electron chi connectivity index (χ0n) is 18.0. The van der Waals surface area contributed by atoms with Crippen molar-refractivity contribution in [2.75, 3.05) is 13.2 Å². The molecule has 0 amide bonds. The van der Waals surface area contributed by atoms with Gasteiger partial charge in [-0.1, -0.05) is 66.2 Å². The second-order valence-electron chi connectivity index (χ2n) is 7.12. The Morgan fingerprint density at radius 1 is 1.00 bits per heavy atom. The highest BCUT2D eigenvalue weighted by atomic mass is 31.2. The van der Waals surface area contributed by atoms with Crippen molar-refractivity contribution in [2.45, 2.75) is 79.1 Å². The fraction of sp³-hybridized carbons (Fsp3) is 0.850. The van der Waals surface area contributed by atoms with Crippen molar-refractivity contribution in [1.29, 1.82) is 0 Å². The first-order valence-electron chi connectivity index (χ1n) is 10.4. The summed E-state index contributed by atoms with van der Waals surface area (Å²) in [5.74, 6) is 0.687. The van der Waals surface area contributed by atoms with E-state index in [1.54, 1.807) is 12.5 Å². The molecule has 1 heterocycles. The fourth-order valence-electron chi connectivity index (χ4n) is 2.56. The van der Waals surface area contributed by atoms with Gasteiger partial charge in [0.1, 0.15) is 0 Å². The molecule has 1 aromatic heterocycles. The number of hydrogen-bond acceptors (Lipinski definition) is 4. The molecule has 0 aliphatic heterocycles. The number of imidazole rings is 1. The van der Waals surface area contributed by atoms with Gasteiger partial charge in [0.25, 0.3) is 0 Å². The summed E-state index contributed by atoms with van der Waals surface area (Å²) < 4.78 is 24.1. The number of aryl methyl sites for hydroxylation is 1. The van der Waals surface area contributed by atoms with Crippen molar-refractivity contribution in [1.82, 2.24) is 9.55 Å². The zero-order chi connectivity index (χ0) is 20.5. The van der Waals surface area contributed by atoms with Gasteiger partial charge >= 0.3 is 7.82 Å². The van der Waals surface area contributed by atoms with Crippen molar-refractivity contribution >= 4 is 7.82 Å². The molecule has 1 rings (SSSR count). The molecule has 0 aromatic carbocycles. The first-order chi connectivity index (χ1) is 12.9. The van der Waals surface area contributed by atoms with Gasteiger partial charge in [-0.25, -0.2) is 9.55 Å². The minimum absolute atomic E-state index is 0.316. The molecular weight excluding hydrogens is 363 g/mol. The molecule has 2 atom stereocenters. The van der Waals surface area contributed by atoms with Crippen molar-refractivity contribution < 1.29 is 18.5 Å². The summed E-state index contributed by atoms with van der Waals surface area (Å²) in [5.41, 5.74) is 0. The van der Waals surface area contributed by atoms with E-state index in [0.29, 0.717) is 25.0 Å². The van der Waals surface area contributed by atoms with Gasteiger partial charge in [0.15, 0.2) is 0 Å². The van der Waals surface area contributed by atoms with Gasteiger partial charge in [-0.2, -0.15) is 0 Å². The first-order valence-corrected chi connectivity index (χ1v) is 11.9. The Morgan fingerprint density at radius 3 is 1.74 bits per heavy atom. The van der Waals surface area contributed by atoms with Crippen LogP contribution in [0.5, 0.6) is 0 Å². The molecule has 0 aliphatic carbocycles. The lowest BCUT2D eigenvalue weighted by Crippen LogP contribution is -2.12. The lowest BCUT2D eigenvalue weighted by atomic mass is 10.0. The van der Waals surface area contributed by atoms with Crippen molar-refractivity contribution in [3.8, 4) is 0 Å². The maximum atomic E-state index is 11.9. The molecule has 0 bridgehead atoms. The maximum Gasteiger partial charge on any atom is 0.472 e. The largest absolute Gasteiger partial charge is 0.472 e. The van der Waals surface area contributed by atoms with Crippen LogP contribution in [0.2, 0.25) is 0 Å². The minimum atomic E-state index is -3.89. The van der Waals surface area contributed by atoms with Crippen LogP contribution < -0.4 is 0 Å². The van der Waals surface area contributed by atoms with E-state index in [4.69, 9.17) is 9.05 Å². The van der Waals surface area contributed by atoms with Crippen LogP contribution in [0.3, 0.4) is 0 Å². The van der Waals surface area contributed by atoms with Gasteiger partial charge in [0.2, 0.25) is 0 Å². The molecule has 0 saturated heterocycles. The zero-order valence-corrected chi connectivity index (χ0v) is 18.9. The Balaban J connectivity index is 0.000000941. The molecule has 160 valence electrons. The highest BCUT2D eigenvalue weighted by Gasteiger charge is 2.24. The van der Waals surface area contributed by atoms with Gasteiger partial charge in [-0.05, 0) is 24.7 Å². The molecule has 0 saturated carbocycles. The van der Waals surface area contributed by atoms with Gasteiger partial charge in [0.05, 0.1) is 19.5 Å². The quantitative estimate of drug-likeness (QED) is 0.387. The molecule has 0 aliphatic rings. The average Bonchev–Trinajstić information content (AvgIpc) is 3.13. The summed E-state index contributed by atoms with van der Waals surface area (Å²) >= 11 is 0. The van der Waals surface area contributed by atoms with E-state index in [-0.39, 0.29) is 0 Å². The number of phosphoric ester groups is 1. The third kappa shape index (κ3) is 15.0. The molecule has 1 N–H and O–H groups in total. The third-order valence-corrected chi connectivity index (χ3v) is 5.62. The molecule has 2 unspecified atom stereocenters. The first kappa shape index (κ1) is 26.3. The number of nitrogens with zero attached hydrogens (tertiary/aromatic N) is 2. The summed E-state index contributed by atoms with van der Waals surface area (Å²) in [5, 5.41) is 0. The predicted molar refractivity (Wildman–Crippen MR) is 112 cm³/mol. The van der Waals surface area contributed by atoms with Gasteiger partial charge in [-0.15, -0.1) is 0 Å². The maximum absolute atomic E-state index is 11.9. The molecule has 0 spiro atoms. The summed E-state index contributed by atoms with van der Waals surface area (Å²) in [7, 11) is -1.95. The van der Waals surface area contributed by atoms with Crippen LogP contribution in [0.4, 0.5) is 0 Å². The van der Waals surface area contributed by atoms with E-state index < -0.39 is 7.82 Å². The number of phosphoric acid groups is 1. The second-order valence-corrected chi connectivity index (χ2v) is 8.57. The van der Waals surface area contributed by atoms with Crippen molar-refractivity contribution in [3.63, 3.8) is 0 Å². The van der Waals surface area contributed by atoms with Crippen molar-refractivity contribution in [2.24, 2.45) is 18.9 Å². The average molecular weight is 405 g/mol. The molecule has 7 heteroatoms. The highest BCUT2D eigenvalue weighted by molar-refractivity contribution is 7.47. The number of unbranched alkanes of at least 4 members (excludes halogenated alkanes) is 2. The normalized spacial score (nSPS) is 15.5. The SMILES string of the molecule is CCCCC(CC)COP(=O)(O)OCC(CC)CCCC.Cn1ccnc1. The standard InChI is InChI=1S/C16H35O4P.C4H6N2/c1-5-9-11-15(7-3)13-19-21(17,18)20-14-16(8-4)12-10-6-2;1-6-3-2-5-4-6/h15-16H,5-14H2,1-4H3,(H,17,18);2-4H,1H3.